The van der Waals surface area contributed by atoms with Crippen LogP contribution in [0.1, 0.15) is 13.3 Å². The Kier molecular flexibility index (Phi) is 5.98. The minimum atomic E-state index is 0.176. The van der Waals surface area contributed by atoms with Crippen molar-refractivity contribution >= 4 is 17.8 Å². The van der Waals surface area contributed by atoms with Crippen molar-refractivity contribution in [2.75, 3.05) is 45.2 Å². The molecule has 94 valence electrons. The van der Waals surface area contributed by atoms with Gasteiger partial charge in [-0.15, -0.1) is 0 Å². The molecule has 4 nitrogen and oxygen atoms in total. The summed E-state index contributed by atoms with van der Waals surface area (Å²) in [5, 5.41) is 3.26. The second kappa shape index (κ2) is 7.01. The summed E-state index contributed by atoms with van der Waals surface area (Å²) in [6.07, 6.45) is 3.17. The lowest BCUT2D eigenvalue weighted by Gasteiger charge is -2.34. The number of rotatable bonds is 4. The second-order valence-corrected chi connectivity index (χ2v) is 5.25. The van der Waals surface area contributed by atoms with Crippen LogP contribution in [0, 0.1) is 0 Å². The van der Waals surface area contributed by atoms with E-state index < -0.39 is 0 Å². The fourth-order valence-corrected chi connectivity index (χ4v) is 2.33. The molecule has 1 saturated heterocycles. The van der Waals surface area contributed by atoms with Gasteiger partial charge in [0.15, 0.2) is 0 Å². The summed E-state index contributed by atoms with van der Waals surface area (Å²) in [4.78, 5) is 15.9. The summed E-state index contributed by atoms with van der Waals surface area (Å²) in [5.74, 6) is 1.11. The van der Waals surface area contributed by atoms with Crippen LogP contribution >= 0.6 is 11.8 Å². The molecule has 0 saturated carbocycles. The lowest BCUT2D eigenvalue weighted by atomic mass is 10.2. The van der Waals surface area contributed by atoms with Crippen molar-refractivity contribution in [3.8, 4) is 0 Å². The van der Waals surface area contributed by atoms with E-state index >= 15 is 0 Å². The van der Waals surface area contributed by atoms with Crippen LogP contribution in [0.2, 0.25) is 0 Å². The van der Waals surface area contributed by atoms with Crippen LogP contribution in [0.25, 0.3) is 0 Å². The zero-order valence-electron chi connectivity index (χ0n) is 10.5. The van der Waals surface area contributed by atoms with Gasteiger partial charge in [0.05, 0.1) is 0 Å². The molecule has 1 atom stereocenters. The molecule has 1 rings (SSSR count). The van der Waals surface area contributed by atoms with Crippen molar-refractivity contribution in [3.05, 3.63) is 0 Å². The number of carbonyl (C=O) groups is 1. The third-order valence-corrected chi connectivity index (χ3v) is 3.73. The van der Waals surface area contributed by atoms with E-state index in [9.17, 15) is 4.79 Å². The van der Waals surface area contributed by atoms with Gasteiger partial charge in [0.25, 0.3) is 0 Å². The second-order valence-electron chi connectivity index (χ2n) is 4.26. The van der Waals surface area contributed by atoms with Crippen molar-refractivity contribution in [1.29, 1.82) is 0 Å². The Hall–Kier alpha value is -0.420. The minimum Gasteiger partial charge on any atom is -0.325 e. The Balaban J connectivity index is 2.38. The van der Waals surface area contributed by atoms with E-state index in [0.29, 0.717) is 6.04 Å². The predicted molar refractivity (Wildman–Crippen MR) is 70.1 cm³/mol. The standard InChI is InChI=1S/C11H23N3OS/c1-10(4-9-16-3)13(2)11(15)14-7-5-12-6-8-14/h10,12H,4-9H2,1-3H3. The van der Waals surface area contributed by atoms with Gasteiger partial charge in [0, 0.05) is 39.3 Å². The Bertz CT molecular complexity index is 219. The SMILES string of the molecule is CSCCC(C)N(C)C(=O)N1CCNCC1. The molecular weight excluding hydrogens is 222 g/mol. The first-order valence-corrected chi connectivity index (χ1v) is 7.27. The summed E-state index contributed by atoms with van der Waals surface area (Å²) in [7, 11) is 1.91. The fraction of sp³-hybridized carbons (Fsp3) is 0.909. The maximum atomic E-state index is 12.1. The van der Waals surface area contributed by atoms with Gasteiger partial charge < -0.3 is 15.1 Å². The number of hydrogen-bond acceptors (Lipinski definition) is 3. The normalized spacial score (nSPS) is 18.3. The van der Waals surface area contributed by atoms with Crippen molar-refractivity contribution < 1.29 is 4.79 Å². The van der Waals surface area contributed by atoms with Crippen LogP contribution in [0.5, 0.6) is 0 Å². The van der Waals surface area contributed by atoms with Crippen LogP contribution in [0.3, 0.4) is 0 Å². The van der Waals surface area contributed by atoms with Gasteiger partial charge in [-0.05, 0) is 25.4 Å². The molecule has 0 radical (unpaired) electrons. The summed E-state index contributed by atoms with van der Waals surface area (Å²) in [5.41, 5.74) is 0. The van der Waals surface area contributed by atoms with Gasteiger partial charge in [0.1, 0.15) is 0 Å². The lowest BCUT2D eigenvalue weighted by molar-refractivity contribution is 0.142. The van der Waals surface area contributed by atoms with E-state index in [2.05, 4.69) is 18.5 Å². The molecule has 1 aliphatic rings. The quantitative estimate of drug-likeness (QED) is 0.805. The first-order valence-electron chi connectivity index (χ1n) is 5.88. The number of carbonyl (C=O) groups excluding carboxylic acids is 1. The first-order chi connectivity index (χ1) is 7.66. The van der Waals surface area contributed by atoms with E-state index in [0.717, 1.165) is 38.4 Å². The van der Waals surface area contributed by atoms with Gasteiger partial charge in [0.2, 0.25) is 0 Å². The molecule has 1 unspecified atom stereocenters. The molecule has 1 N–H and O–H groups in total. The van der Waals surface area contributed by atoms with Crippen molar-refractivity contribution in [1.82, 2.24) is 15.1 Å². The van der Waals surface area contributed by atoms with Crippen LogP contribution in [0.15, 0.2) is 0 Å². The van der Waals surface area contributed by atoms with E-state index in [-0.39, 0.29) is 6.03 Å². The maximum absolute atomic E-state index is 12.1. The molecule has 0 aromatic rings. The molecule has 5 heteroatoms. The predicted octanol–water partition coefficient (Wildman–Crippen LogP) is 1.08. The summed E-state index contributed by atoms with van der Waals surface area (Å²) >= 11 is 1.83. The van der Waals surface area contributed by atoms with Crippen molar-refractivity contribution in [2.24, 2.45) is 0 Å². The zero-order chi connectivity index (χ0) is 12.0. The van der Waals surface area contributed by atoms with Gasteiger partial charge in [-0.2, -0.15) is 11.8 Å². The topological polar surface area (TPSA) is 35.6 Å². The van der Waals surface area contributed by atoms with Crippen LogP contribution in [0.4, 0.5) is 4.79 Å². The van der Waals surface area contributed by atoms with Gasteiger partial charge in [-0.25, -0.2) is 4.79 Å². The fourth-order valence-electron chi connectivity index (χ4n) is 1.75. The molecule has 16 heavy (non-hydrogen) atoms. The maximum Gasteiger partial charge on any atom is 0.320 e. The third-order valence-electron chi connectivity index (χ3n) is 3.09. The van der Waals surface area contributed by atoms with Gasteiger partial charge in [-0.3, -0.25) is 0 Å². The van der Waals surface area contributed by atoms with Crippen LogP contribution < -0.4 is 5.32 Å². The largest absolute Gasteiger partial charge is 0.325 e. The van der Waals surface area contributed by atoms with Crippen LogP contribution in [-0.2, 0) is 0 Å². The molecule has 1 heterocycles. The number of nitrogens with zero attached hydrogens (tertiary/aromatic N) is 2. The molecule has 1 aliphatic heterocycles. The third kappa shape index (κ3) is 3.87. The number of amides is 2. The summed E-state index contributed by atoms with van der Waals surface area (Å²) < 4.78 is 0. The average Bonchev–Trinajstić information content (AvgIpc) is 2.35. The van der Waals surface area contributed by atoms with Crippen molar-refractivity contribution in [2.45, 2.75) is 19.4 Å². The monoisotopic (exact) mass is 245 g/mol. The Morgan fingerprint density at radius 1 is 1.50 bits per heavy atom. The number of piperazine rings is 1. The summed E-state index contributed by atoms with van der Waals surface area (Å²) in [6, 6.07) is 0.505. The van der Waals surface area contributed by atoms with Crippen molar-refractivity contribution in [3.63, 3.8) is 0 Å². The van der Waals surface area contributed by atoms with E-state index in [4.69, 9.17) is 0 Å². The van der Waals surface area contributed by atoms with Crippen LogP contribution in [-0.4, -0.2) is 67.1 Å². The van der Waals surface area contributed by atoms with E-state index in [1.165, 1.54) is 0 Å². The Morgan fingerprint density at radius 3 is 2.69 bits per heavy atom. The highest BCUT2D eigenvalue weighted by atomic mass is 32.2. The minimum absolute atomic E-state index is 0.176. The zero-order valence-corrected chi connectivity index (χ0v) is 11.3. The molecule has 1 fully saturated rings. The average molecular weight is 245 g/mol. The van der Waals surface area contributed by atoms with Gasteiger partial charge in [-0.1, -0.05) is 0 Å². The highest BCUT2D eigenvalue weighted by Crippen LogP contribution is 2.09. The molecule has 0 aliphatic carbocycles. The first kappa shape index (κ1) is 13.6. The molecular formula is C11H23N3OS. The van der Waals surface area contributed by atoms with E-state index in [1.54, 1.807) is 0 Å². The molecule has 2 amide bonds. The van der Waals surface area contributed by atoms with E-state index in [1.807, 2.05) is 28.6 Å². The summed E-state index contributed by atoms with van der Waals surface area (Å²) in [6.45, 7) is 5.62. The number of hydrogen-bond donors (Lipinski definition) is 1. The Morgan fingerprint density at radius 2 is 2.12 bits per heavy atom. The number of urea groups is 1. The molecule has 0 bridgehead atoms. The smallest absolute Gasteiger partial charge is 0.320 e. The Labute approximate surface area is 103 Å². The molecule has 0 aromatic heterocycles. The lowest BCUT2D eigenvalue weighted by Crippen LogP contribution is -2.52. The number of thioether (sulfide) groups is 1. The van der Waals surface area contributed by atoms with Gasteiger partial charge >= 0.3 is 6.03 Å². The number of nitrogens with one attached hydrogen (secondary N) is 1. The molecule has 0 aromatic carbocycles. The molecule has 0 spiro atoms. The highest BCUT2D eigenvalue weighted by Gasteiger charge is 2.22. The highest BCUT2D eigenvalue weighted by molar-refractivity contribution is 7.98.